The van der Waals surface area contributed by atoms with Gasteiger partial charge in [-0.3, -0.25) is 4.79 Å². The molecule has 1 heterocycles. The van der Waals surface area contributed by atoms with E-state index in [2.05, 4.69) is 10.2 Å². The Balaban J connectivity index is 1.92. The van der Waals surface area contributed by atoms with Crippen molar-refractivity contribution >= 4 is 19.1 Å². The van der Waals surface area contributed by atoms with Gasteiger partial charge in [-0.25, -0.2) is 9.64 Å². The number of hydrogen-bond donors (Lipinski definition) is 3. The van der Waals surface area contributed by atoms with Crippen molar-refractivity contribution in [2.24, 2.45) is 5.92 Å². The number of ether oxygens (including phenoxy) is 1. The Morgan fingerprint density at radius 2 is 2.07 bits per heavy atom. The first-order chi connectivity index (χ1) is 14.3. The van der Waals surface area contributed by atoms with Crippen molar-refractivity contribution in [3.63, 3.8) is 0 Å². The fourth-order valence-electron chi connectivity index (χ4n) is 3.36. The molecule has 0 spiro atoms. The molecule has 8 nitrogen and oxygen atoms in total. The fourth-order valence-corrected chi connectivity index (χ4v) is 3.36. The fraction of sp³-hybridized carbons (Fsp3) is 0.476. The molecule has 2 amide bonds. The zero-order chi connectivity index (χ0) is 22.1. The number of amides is 2. The van der Waals surface area contributed by atoms with Gasteiger partial charge < -0.3 is 25.0 Å². The van der Waals surface area contributed by atoms with Gasteiger partial charge in [0.2, 0.25) is 5.70 Å². The van der Waals surface area contributed by atoms with E-state index in [0.717, 1.165) is 12.0 Å². The third kappa shape index (κ3) is 6.90. The summed E-state index contributed by atoms with van der Waals surface area (Å²) in [5.41, 5.74) is 0.916. The minimum atomic E-state index is -1.75. The van der Waals surface area contributed by atoms with Gasteiger partial charge in [-0.2, -0.15) is 0 Å². The molecule has 3 N–H and O–H groups in total. The molecule has 0 unspecified atom stereocenters. The highest BCUT2D eigenvalue weighted by Crippen LogP contribution is 2.21. The van der Waals surface area contributed by atoms with Gasteiger partial charge in [-0.05, 0) is 30.7 Å². The second-order valence-electron chi connectivity index (χ2n) is 7.65. The molecular formula is C21H28BN3O5. The first-order valence-corrected chi connectivity index (χ1v) is 10.1. The topological polar surface area (TPSA) is 103 Å². The number of likely N-dealkylation sites (tertiary alicyclic amines) is 1. The Hall–Kier alpha value is -2.83. The van der Waals surface area contributed by atoms with Crippen molar-refractivity contribution in [3.8, 4) is 0 Å². The van der Waals surface area contributed by atoms with Crippen LogP contribution in [0.15, 0.2) is 42.1 Å². The minimum Gasteiger partial charge on any atom is -0.447 e. The van der Waals surface area contributed by atoms with Crippen molar-refractivity contribution in [1.82, 2.24) is 10.2 Å². The molecule has 30 heavy (non-hydrogen) atoms. The lowest BCUT2D eigenvalue weighted by Gasteiger charge is -2.25. The molecule has 0 aliphatic carbocycles. The van der Waals surface area contributed by atoms with Crippen LogP contribution in [0.2, 0.25) is 0 Å². The van der Waals surface area contributed by atoms with E-state index in [1.54, 1.807) is 11.0 Å². The molecule has 160 valence electrons. The quantitative estimate of drug-likeness (QED) is 0.343. The number of hydrogen-bond acceptors (Lipinski definition) is 5. The summed E-state index contributed by atoms with van der Waals surface area (Å²) in [7, 11) is -1.75. The van der Waals surface area contributed by atoms with Gasteiger partial charge >= 0.3 is 13.2 Å². The van der Waals surface area contributed by atoms with Gasteiger partial charge in [0.25, 0.3) is 5.91 Å². The summed E-state index contributed by atoms with van der Waals surface area (Å²) >= 11 is 0. The summed E-state index contributed by atoms with van der Waals surface area (Å²) in [5.74, 6) is -1.20. The molecule has 1 saturated heterocycles. The van der Waals surface area contributed by atoms with Crippen LogP contribution in [0, 0.1) is 12.5 Å². The van der Waals surface area contributed by atoms with Crippen LogP contribution in [0.25, 0.3) is 4.85 Å². The monoisotopic (exact) mass is 413 g/mol. The van der Waals surface area contributed by atoms with Crippen LogP contribution >= 0.6 is 0 Å². The molecule has 0 aromatic heterocycles. The Labute approximate surface area is 177 Å². The molecule has 2 rings (SSSR count). The number of carbonyl (C=O) groups excluding carboxylic acids is 2. The van der Waals surface area contributed by atoms with Gasteiger partial charge in [0, 0.05) is 6.54 Å². The molecule has 1 fully saturated rings. The summed E-state index contributed by atoms with van der Waals surface area (Å²) in [6.07, 6.45) is 2.51. The Kier molecular flexibility index (Phi) is 8.90. The molecule has 1 aromatic carbocycles. The lowest BCUT2D eigenvalue weighted by Crippen LogP contribution is -2.49. The second kappa shape index (κ2) is 11.4. The largest absolute Gasteiger partial charge is 0.475 e. The number of nitrogens with one attached hydrogen (secondary N) is 1. The van der Waals surface area contributed by atoms with Crippen LogP contribution in [-0.2, 0) is 16.0 Å². The van der Waals surface area contributed by atoms with Crippen LogP contribution < -0.4 is 5.32 Å². The van der Waals surface area contributed by atoms with E-state index in [1.165, 1.54) is 0 Å². The molecule has 0 saturated carbocycles. The molecule has 9 heteroatoms. The molecule has 2 atom stereocenters. The number of alkyl carbamates (subject to hydrolysis) is 1. The summed E-state index contributed by atoms with van der Waals surface area (Å²) < 4.78 is 5.26. The molecule has 0 radical (unpaired) electrons. The number of allylic oxidation sites excluding steroid dienone is 1. The average Bonchev–Trinajstić information content (AvgIpc) is 3.18. The smallest absolute Gasteiger partial charge is 0.447 e. The van der Waals surface area contributed by atoms with Crippen LogP contribution in [0.3, 0.4) is 0 Å². The standard InChI is InChI=1S/C21H28BN3O5/c1-15(2)12-18(23-3)20(26)25-11-7-10-17(25)14-30-21(27)24-19(22(28)29)13-16-8-5-4-6-9-16/h4-6,8-9,12,15,17,19,28-29H,7,10-11,13-14H2,1-2H3,(H,24,27)/t17-,19+/m1/s1. The lowest BCUT2D eigenvalue weighted by molar-refractivity contribution is -0.128. The molecule has 1 aliphatic heterocycles. The van der Waals surface area contributed by atoms with Crippen LogP contribution in [0.4, 0.5) is 4.79 Å². The maximum Gasteiger partial charge on any atom is 0.475 e. The summed E-state index contributed by atoms with van der Waals surface area (Å²) in [5, 5.41) is 21.6. The lowest BCUT2D eigenvalue weighted by atomic mass is 9.76. The number of nitrogens with zero attached hydrogens (tertiary/aromatic N) is 2. The predicted octanol–water partition coefficient (Wildman–Crippen LogP) is 1.79. The predicted molar refractivity (Wildman–Crippen MR) is 113 cm³/mol. The van der Waals surface area contributed by atoms with E-state index < -0.39 is 19.2 Å². The zero-order valence-electron chi connectivity index (χ0n) is 17.3. The Morgan fingerprint density at radius 1 is 1.37 bits per heavy atom. The van der Waals surface area contributed by atoms with Crippen LogP contribution in [0.1, 0.15) is 32.3 Å². The van der Waals surface area contributed by atoms with Gasteiger partial charge in [-0.1, -0.05) is 50.3 Å². The van der Waals surface area contributed by atoms with Crippen LogP contribution in [-0.4, -0.2) is 59.2 Å². The third-order valence-corrected chi connectivity index (χ3v) is 4.84. The Bertz CT molecular complexity index is 792. The van der Waals surface area contributed by atoms with E-state index >= 15 is 0 Å². The zero-order valence-corrected chi connectivity index (χ0v) is 17.3. The molecule has 1 aromatic rings. The highest BCUT2D eigenvalue weighted by atomic mass is 16.5. The van der Waals surface area contributed by atoms with Crippen molar-refractivity contribution in [2.45, 2.75) is 45.1 Å². The second-order valence-corrected chi connectivity index (χ2v) is 7.65. The van der Waals surface area contributed by atoms with Gasteiger partial charge in [-0.15, -0.1) is 0 Å². The van der Waals surface area contributed by atoms with E-state index in [-0.39, 0.29) is 36.6 Å². The van der Waals surface area contributed by atoms with E-state index in [4.69, 9.17) is 11.3 Å². The maximum atomic E-state index is 12.7. The Morgan fingerprint density at radius 3 is 2.67 bits per heavy atom. The number of rotatable bonds is 8. The van der Waals surface area contributed by atoms with Gasteiger partial charge in [0.05, 0.1) is 18.6 Å². The van der Waals surface area contributed by atoms with Crippen molar-refractivity contribution in [1.29, 1.82) is 0 Å². The highest BCUT2D eigenvalue weighted by Gasteiger charge is 2.32. The molecular weight excluding hydrogens is 385 g/mol. The van der Waals surface area contributed by atoms with Crippen LogP contribution in [0.5, 0.6) is 0 Å². The van der Waals surface area contributed by atoms with E-state index in [0.29, 0.717) is 13.0 Å². The molecule has 0 bridgehead atoms. The minimum absolute atomic E-state index is 0.0237. The molecule has 1 aliphatic rings. The van der Waals surface area contributed by atoms with Gasteiger partial charge in [0.1, 0.15) is 6.61 Å². The SMILES string of the molecule is [C-]#[N+]C(=CC(C)C)C(=O)N1CCC[C@@H]1COC(=O)N[C@@H](Cc1ccccc1)B(O)O. The normalized spacial score (nSPS) is 17.4. The van der Waals surface area contributed by atoms with Gasteiger partial charge in [0.15, 0.2) is 0 Å². The first kappa shape index (κ1) is 23.5. The highest BCUT2D eigenvalue weighted by molar-refractivity contribution is 6.43. The summed E-state index contributed by atoms with van der Waals surface area (Å²) in [6.45, 7) is 11.5. The maximum absolute atomic E-state index is 12.7. The third-order valence-electron chi connectivity index (χ3n) is 4.84. The summed E-state index contributed by atoms with van der Waals surface area (Å²) in [4.78, 5) is 29.8. The van der Waals surface area contributed by atoms with Crippen molar-refractivity contribution in [3.05, 3.63) is 59.1 Å². The summed E-state index contributed by atoms with van der Waals surface area (Å²) in [6, 6.07) is 8.83. The van der Waals surface area contributed by atoms with E-state index in [9.17, 15) is 19.6 Å². The van der Waals surface area contributed by atoms with E-state index in [1.807, 2.05) is 44.2 Å². The van der Waals surface area contributed by atoms with Crippen molar-refractivity contribution < 1.29 is 24.4 Å². The number of carbonyl (C=O) groups is 2. The van der Waals surface area contributed by atoms with Crippen molar-refractivity contribution in [2.75, 3.05) is 13.2 Å². The first-order valence-electron chi connectivity index (χ1n) is 10.1. The number of benzene rings is 1. The average molecular weight is 413 g/mol.